The van der Waals surface area contributed by atoms with Gasteiger partial charge in [0.05, 0.1) is 5.60 Å². The minimum absolute atomic E-state index is 0.187. The number of benzene rings is 2. The summed E-state index contributed by atoms with van der Waals surface area (Å²) in [6, 6.07) is 16.6. The van der Waals surface area contributed by atoms with Crippen molar-refractivity contribution in [2.45, 2.75) is 75.4 Å². The fraction of sp³-hybridized carbons (Fsp3) is 0.519. The van der Waals surface area contributed by atoms with Gasteiger partial charge in [-0.25, -0.2) is 0 Å². The molecule has 4 heteroatoms. The molecule has 0 spiro atoms. The van der Waals surface area contributed by atoms with Crippen molar-refractivity contribution in [3.8, 4) is 5.75 Å². The summed E-state index contributed by atoms with van der Waals surface area (Å²) in [4.78, 5) is 12.2. The van der Waals surface area contributed by atoms with Crippen LogP contribution in [0.5, 0.6) is 5.75 Å². The summed E-state index contributed by atoms with van der Waals surface area (Å²) in [6.45, 7) is 1.17. The average molecular weight is 420 g/mol. The molecule has 2 fully saturated rings. The summed E-state index contributed by atoms with van der Waals surface area (Å²) in [6.07, 6.45) is 8.55. The molecule has 2 N–H and O–H groups in total. The molecule has 2 atom stereocenters. The Labute approximate surface area is 185 Å². The maximum absolute atomic E-state index is 12.2. The van der Waals surface area contributed by atoms with Crippen molar-refractivity contribution in [3.63, 3.8) is 0 Å². The number of fused-ring (bicyclic) bond motifs is 3. The number of nitrogens with one attached hydrogen (secondary N) is 1. The topological polar surface area (TPSA) is 58.6 Å². The maximum Gasteiger partial charge on any atom is 0.223 e. The molecule has 3 aliphatic rings. The molecule has 31 heavy (non-hydrogen) atoms. The van der Waals surface area contributed by atoms with Crippen LogP contribution in [0.25, 0.3) is 0 Å². The fourth-order valence-corrected chi connectivity index (χ4v) is 5.84. The standard InChI is InChI=1S/C27H33NO3/c29-25(22-8-9-22)28-17-16-26-13-4-5-14-27(26,30)15-12-21-10-11-23(18-24(21)26)31-19-20-6-2-1-3-7-20/h1-3,6-7,10-11,18,22,30H,4-5,8-9,12-17,19H2,(H,28,29). The number of carbonyl (C=O) groups is 1. The third-order valence-electron chi connectivity index (χ3n) is 7.79. The van der Waals surface area contributed by atoms with Gasteiger partial charge in [0.1, 0.15) is 12.4 Å². The largest absolute Gasteiger partial charge is 0.489 e. The zero-order valence-corrected chi connectivity index (χ0v) is 18.2. The lowest BCUT2D eigenvalue weighted by Gasteiger charge is -2.55. The first kappa shape index (κ1) is 20.6. The molecule has 2 saturated carbocycles. The Morgan fingerprint density at radius 3 is 2.68 bits per heavy atom. The highest BCUT2D eigenvalue weighted by Crippen LogP contribution is 2.55. The summed E-state index contributed by atoms with van der Waals surface area (Å²) in [5.41, 5.74) is 2.72. The summed E-state index contributed by atoms with van der Waals surface area (Å²) >= 11 is 0. The van der Waals surface area contributed by atoms with E-state index in [2.05, 4.69) is 35.6 Å². The maximum atomic E-state index is 12.2. The molecule has 0 radical (unpaired) electrons. The van der Waals surface area contributed by atoms with Crippen molar-refractivity contribution >= 4 is 5.91 Å². The highest BCUT2D eigenvalue weighted by atomic mass is 16.5. The molecule has 0 bridgehead atoms. The van der Waals surface area contributed by atoms with Gasteiger partial charge in [-0.05, 0) is 73.8 Å². The second-order valence-corrected chi connectivity index (χ2v) is 9.73. The van der Waals surface area contributed by atoms with E-state index in [1.807, 2.05) is 18.2 Å². The molecule has 2 unspecified atom stereocenters. The Hall–Kier alpha value is -2.33. The van der Waals surface area contributed by atoms with Crippen LogP contribution in [0.1, 0.15) is 68.1 Å². The monoisotopic (exact) mass is 419 g/mol. The van der Waals surface area contributed by atoms with Gasteiger partial charge in [-0.15, -0.1) is 0 Å². The molecule has 0 aliphatic heterocycles. The van der Waals surface area contributed by atoms with Crippen LogP contribution in [-0.4, -0.2) is 23.2 Å². The average Bonchev–Trinajstić information content (AvgIpc) is 3.64. The molecule has 4 nitrogen and oxygen atoms in total. The van der Waals surface area contributed by atoms with E-state index in [1.165, 1.54) is 11.1 Å². The van der Waals surface area contributed by atoms with E-state index < -0.39 is 5.60 Å². The van der Waals surface area contributed by atoms with Gasteiger partial charge in [-0.3, -0.25) is 4.79 Å². The normalized spacial score (nSPS) is 27.1. The SMILES string of the molecule is O=C(NCCC12CCCCC1(O)CCc1ccc(OCc3ccccc3)cc12)C1CC1. The highest BCUT2D eigenvalue weighted by Gasteiger charge is 2.55. The van der Waals surface area contributed by atoms with Crippen molar-refractivity contribution in [3.05, 3.63) is 65.2 Å². The number of rotatable bonds is 7. The molecule has 5 rings (SSSR count). The molecule has 0 saturated heterocycles. The van der Waals surface area contributed by atoms with Gasteiger partial charge in [0, 0.05) is 17.9 Å². The van der Waals surface area contributed by atoms with Crippen LogP contribution in [0.3, 0.4) is 0 Å². The molecular weight excluding hydrogens is 386 g/mol. The number of hydrogen-bond donors (Lipinski definition) is 2. The smallest absolute Gasteiger partial charge is 0.223 e. The third kappa shape index (κ3) is 3.98. The number of aliphatic hydroxyl groups is 1. The number of ether oxygens (including phenoxy) is 1. The van der Waals surface area contributed by atoms with Crippen molar-refractivity contribution in [1.82, 2.24) is 5.32 Å². The summed E-state index contributed by atoms with van der Waals surface area (Å²) < 4.78 is 6.15. The van der Waals surface area contributed by atoms with Gasteiger partial charge in [-0.2, -0.15) is 0 Å². The van der Waals surface area contributed by atoms with Crippen molar-refractivity contribution in [1.29, 1.82) is 0 Å². The Bertz CT molecular complexity index is 939. The van der Waals surface area contributed by atoms with Gasteiger partial charge in [-0.1, -0.05) is 49.2 Å². The van der Waals surface area contributed by atoms with E-state index >= 15 is 0 Å². The van der Waals surface area contributed by atoms with Crippen LogP contribution in [0, 0.1) is 5.92 Å². The molecule has 3 aliphatic carbocycles. The molecular formula is C27H33NO3. The van der Waals surface area contributed by atoms with Crippen LogP contribution < -0.4 is 10.1 Å². The zero-order chi connectivity index (χ0) is 21.3. The van der Waals surface area contributed by atoms with E-state index in [-0.39, 0.29) is 17.2 Å². The first-order valence-corrected chi connectivity index (χ1v) is 11.9. The van der Waals surface area contributed by atoms with Gasteiger partial charge in [0.2, 0.25) is 5.91 Å². The predicted molar refractivity (Wildman–Crippen MR) is 121 cm³/mol. The molecule has 1 amide bonds. The van der Waals surface area contributed by atoms with Crippen LogP contribution in [0.15, 0.2) is 48.5 Å². The molecule has 164 valence electrons. The molecule has 2 aromatic rings. The van der Waals surface area contributed by atoms with Gasteiger partial charge >= 0.3 is 0 Å². The first-order valence-electron chi connectivity index (χ1n) is 11.9. The lowest BCUT2D eigenvalue weighted by molar-refractivity contribution is -0.123. The van der Waals surface area contributed by atoms with Gasteiger partial charge in [0.15, 0.2) is 0 Å². The molecule has 2 aromatic carbocycles. The van der Waals surface area contributed by atoms with E-state index in [1.54, 1.807) is 0 Å². The van der Waals surface area contributed by atoms with E-state index in [0.29, 0.717) is 13.2 Å². The Morgan fingerprint density at radius 2 is 1.87 bits per heavy atom. The van der Waals surface area contributed by atoms with Gasteiger partial charge < -0.3 is 15.2 Å². The quantitative estimate of drug-likeness (QED) is 0.686. The fourth-order valence-electron chi connectivity index (χ4n) is 5.84. The van der Waals surface area contributed by atoms with Crippen molar-refractivity contribution < 1.29 is 14.6 Å². The second-order valence-electron chi connectivity index (χ2n) is 9.73. The first-order chi connectivity index (χ1) is 15.1. The van der Waals surface area contributed by atoms with Crippen LogP contribution in [-0.2, 0) is 23.2 Å². The molecule has 0 aromatic heterocycles. The Balaban J connectivity index is 1.40. The lowest BCUT2D eigenvalue weighted by atomic mass is 9.53. The van der Waals surface area contributed by atoms with Crippen molar-refractivity contribution in [2.75, 3.05) is 6.54 Å². The molecule has 0 heterocycles. The minimum Gasteiger partial charge on any atom is -0.489 e. The predicted octanol–water partition coefficient (Wildman–Crippen LogP) is 4.67. The number of amides is 1. The Kier molecular flexibility index (Phi) is 5.51. The second kappa shape index (κ2) is 8.31. The highest BCUT2D eigenvalue weighted by molar-refractivity contribution is 5.80. The van der Waals surface area contributed by atoms with Crippen LogP contribution in [0.4, 0.5) is 0 Å². The number of carbonyl (C=O) groups excluding carboxylic acids is 1. The van der Waals surface area contributed by atoms with Gasteiger partial charge in [0.25, 0.3) is 0 Å². The summed E-state index contributed by atoms with van der Waals surface area (Å²) in [5.74, 6) is 1.27. The lowest BCUT2D eigenvalue weighted by Crippen LogP contribution is -2.57. The number of hydrogen-bond acceptors (Lipinski definition) is 3. The zero-order valence-electron chi connectivity index (χ0n) is 18.2. The Morgan fingerprint density at radius 1 is 1.06 bits per heavy atom. The van der Waals surface area contributed by atoms with Crippen molar-refractivity contribution in [2.24, 2.45) is 5.92 Å². The van der Waals surface area contributed by atoms with E-state index in [9.17, 15) is 9.90 Å². The van der Waals surface area contributed by atoms with Crippen LogP contribution >= 0.6 is 0 Å². The summed E-state index contributed by atoms with van der Waals surface area (Å²) in [5, 5.41) is 15.0. The number of aryl methyl sites for hydroxylation is 1. The minimum atomic E-state index is -0.694. The van der Waals surface area contributed by atoms with Crippen LogP contribution in [0.2, 0.25) is 0 Å². The third-order valence-corrected chi connectivity index (χ3v) is 7.79. The van der Waals surface area contributed by atoms with E-state index in [4.69, 9.17) is 4.74 Å². The van der Waals surface area contributed by atoms with E-state index in [0.717, 1.165) is 69.1 Å². The summed E-state index contributed by atoms with van der Waals surface area (Å²) in [7, 11) is 0.